The molecule has 0 saturated carbocycles. The van der Waals surface area contributed by atoms with Gasteiger partial charge in [-0.25, -0.2) is 0 Å². The van der Waals surface area contributed by atoms with Crippen LogP contribution in [0.1, 0.15) is 27.2 Å². The molecule has 1 aromatic carbocycles. The molecule has 0 atom stereocenters. The van der Waals surface area contributed by atoms with Gasteiger partial charge in [-0.05, 0) is 26.8 Å². The number of nitrogens with zero attached hydrogens (tertiary/aromatic N) is 2. The maximum Gasteiger partial charge on any atom is 0.336 e. The Morgan fingerprint density at radius 3 is 2.43 bits per heavy atom. The Balaban J connectivity index is 2.91. The summed E-state index contributed by atoms with van der Waals surface area (Å²) in [5, 5.41) is 14.3. The zero-order valence-electron chi connectivity index (χ0n) is 13.9. The highest BCUT2D eigenvalue weighted by Gasteiger charge is 2.42. The van der Waals surface area contributed by atoms with Crippen molar-refractivity contribution in [3.05, 3.63) is 34.4 Å². The summed E-state index contributed by atoms with van der Waals surface area (Å²) in [6.45, 7) is 5.24. The van der Waals surface area contributed by atoms with E-state index >= 15 is 0 Å². The molecule has 0 spiro atoms. The van der Waals surface area contributed by atoms with Crippen LogP contribution < -0.4 is 5.43 Å². The van der Waals surface area contributed by atoms with Gasteiger partial charge in [-0.3, -0.25) is 20.1 Å². The average Bonchev–Trinajstić information content (AvgIpc) is 2.51. The monoisotopic (exact) mass is 343 g/mol. The van der Waals surface area contributed by atoms with Crippen LogP contribution in [0.4, 0.5) is 11.4 Å². The molecular weight excluding hydrogens is 321 g/mol. The van der Waals surface area contributed by atoms with Crippen LogP contribution >= 0.6 is 7.60 Å². The number of nitrogens with one attached hydrogen (secondary N) is 1. The lowest BCUT2D eigenvalue weighted by molar-refractivity contribution is -0.384. The Kier molecular flexibility index (Phi) is 6.44. The van der Waals surface area contributed by atoms with Crippen molar-refractivity contribution in [3.8, 4) is 0 Å². The van der Waals surface area contributed by atoms with Gasteiger partial charge in [0, 0.05) is 32.4 Å². The molecule has 0 aliphatic carbocycles. The van der Waals surface area contributed by atoms with Crippen LogP contribution in [0.2, 0.25) is 0 Å². The van der Waals surface area contributed by atoms with E-state index < -0.39 is 17.7 Å². The number of hydrazone groups is 1. The van der Waals surface area contributed by atoms with Gasteiger partial charge >= 0.3 is 7.60 Å². The molecule has 0 radical (unpaired) electrons. The van der Waals surface area contributed by atoms with Gasteiger partial charge in [-0.1, -0.05) is 12.1 Å². The molecule has 0 aliphatic heterocycles. The lowest BCUT2D eigenvalue weighted by Gasteiger charge is -2.30. The van der Waals surface area contributed by atoms with E-state index in [1.54, 1.807) is 39.0 Å². The third-order valence-corrected chi connectivity index (χ3v) is 5.98. The molecule has 1 aromatic rings. The smallest absolute Gasteiger partial charge is 0.312 e. The van der Waals surface area contributed by atoms with Crippen LogP contribution in [0.5, 0.6) is 0 Å². The van der Waals surface area contributed by atoms with Gasteiger partial charge in [-0.15, -0.1) is 0 Å². The van der Waals surface area contributed by atoms with E-state index in [1.165, 1.54) is 20.3 Å². The van der Waals surface area contributed by atoms with E-state index in [9.17, 15) is 14.7 Å². The van der Waals surface area contributed by atoms with Crippen molar-refractivity contribution >= 4 is 24.7 Å². The largest absolute Gasteiger partial charge is 0.336 e. The predicted molar refractivity (Wildman–Crippen MR) is 90.1 cm³/mol. The normalized spacial score (nSPS) is 13.0. The first-order chi connectivity index (χ1) is 10.7. The highest BCUT2D eigenvalue weighted by atomic mass is 31.2. The van der Waals surface area contributed by atoms with Gasteiger partial charge in [0.15, 0.2) is 0 Å². The van der Waals surface area contributed by atoms with Crippen LogP contribution in [0.25, 0.3) is 0 Å². The summed E-state index contributed by atoms with van der Waals surface area (Å²) in [4.78, 5) is 10.5. The second-order valence-electron chi connectivity index (χ2n) is 5.58. The average molecular weight is 343 g/mol. The topological polar surface area (TPSA) is 103 Å². The Bertz CT molecular complexity index is 637. The summed E-state index contributed by atoms with van der Waals surface area (Å²) in [7, 11) is -0.601. The maximum atomic E-state index is 12.5. The van der Waals surface area contributed by atoms with Crippen molar-refractivity contribution < 1.29 is 18.5 Å². The minimum absolute atomic E-state index is 0.0669. The van der Waals surface area contributed by atoms with Crippen molar-refractivity contribution in [1.82, 2.24) is 0 Å². The highest BCUT2D eigenvalue weighted by molar-refractivity contribution is 7.55. The van der Waals surface area contributed by atoms with Crippen molar-refractivity contribution in [1.29, 1.82) is 0 Å². The molecule has 0 bridgehead atoms. The third kappa shape index (κ3) is 4.60. The highest BCUT2D eigenvalue weighted by Crippen LogP contribution is 2.60. The quantitative estimate of drug-likeness (QED) is 0.331. The van der Waals surface area contributed by atoms with Crippen molar-refractivity contribution in [2.45, 2.75) is 32.3 Å². The summed E-state index contributed by atoms with van der Waals surface area (Å²) in [5.41, 5.74) is 3.51. The van der Waals surface area contributed by atoms with E-state index in [0.29, 0.717) is 12.1 Å². The molecule has 0 aliphatic rings. The van der Waals surface area contributed by atoms with E-state index in [2.05, 4.69) is 10.5 Å². The number of rotatable bonds is 8. The van der Waals surface area contributed by atoms with Crippen LogP contribution in [0, 0.1) is 10.1 Å². The fourth-order valence-electron chi connectivity index (χ4n) is 2.21. The second kappa shape index (κ2) is 7.68. The number of nitro groups is 1. The molecule has 0 amide bonds. The van der Waals surface area contributed by atoms with Crippen LogP contribution in [0.3, 0.4) is 0 Å². The van der Waals surface area contributed by atoms with E-state index in [-0.39, 0.29) is 11.4 Å². The zero-order chi connectivity index (χ0) is 17.7. The molecule has 23 heavy (non-hydrogen) atoms. The van der Waals surface area contributed by atoms with Crippen molar-refractivity contribution in [2.75, 3.05) is 19.6 Å². The van der Waals surface area contributed by atoms with Gasteiger partial charge in [-0.2, -0.15) is 5.10 Å². The fraction of sp³-hybridized carbons (Fsp3) is 0.500. The first-order valence-electron chi connectivity index (χ1n) is 6.91. The first-order valence-corrected chi connectivity index (χ1v) is 8.45. The van der Waals surface area contributed by atoms with Gasteiger partial charge in [0.2, 0.25) is 0 Å². The standard InChI is InChI=1S/C14H22N3O5P/c1-11(10-14(2,3)23(20,21-4)22-5)15-16-12-8-6-7-9-13(12)17(18)19/h6-9,16H,10H2,1-5H3. The van der Waals surface area contributed by atoms with Crippen LogP contribution in [-0.2, 0) is 13.6 Å². The fourth-order valence-corrected chi connectivity index (χ4v) is 3.77. The van der Waals surface area contributed by atoms with Gasteiger partial charge in [0.1, 0.15) is 5.69 Å². The minimum atomic E-state index is -3.28. The lowest BCUT2D eigenvalue weighted by atomic mass is 10.1. The summed E-state index contributed by atoms with van der Waals surface area (Å²) in [5.74, 6) is 0. The molecule has 128 valence electrons. The number of para-hydroxylation sites is 2. The molecular formula is C14H22N3O5P. The number of nitro benzene ring substituents is 1. The molecule has 0 fully saturated rings. The van der Waals surface area contributed by atoms with E-state index in [4.69, 9.17) is 9.05 Å². The molecule has 0 unspecified atom stereocenters. The van der Waals surface area contributed by atoms with Crippen molar-refractivity contribution in [2.24, 2.45) is 5.10 Å². The van der Waals surface area contributed by atoms with Gasteiger partial charge in [0.05, 0.1) is 10.1 Å². The SMILES string of the molecule is COP(=O)(OC)C(C)(C)CC(C)=NNc1ccccc1[N+](=O)[O-]. The Labute approximate surface area is 135 Å². The molecule has 1 rings (SSSR count). The summed E-state index contributed by atoms with van der Waals surface area (Å²) < 4.78 is 22.6. The van der Waals surface area contributed by atoms with E-state index in [0.717, 1.165) is 0 Å². The second-order valence-corrected chi connectivity index (χ2v) is 8.52. The number of hydrogen-bond acceptors (Lipinski definition) is 7. The maximum absolute atomic E-state index is 12.5. The van der Waals surface area contributed by atoms with E-state index in [1.807, 2.05) is 0 Å². The molecule has 8 nitrogen and oxygen atoms in total. The third-order valence-electron chi connectivity index (χ3n) is 3.38. The Morgan fingerprint density at radius 1 is 1.35 bits per heavy atom. The molecule has 1 N–H and O–H groups in total. The van der Waals surface area contributed by atoms with Gasteiger partial charge in [0.25, 0.3) is 5.69 Å². The number of hydrogen-bond donors (Lipinski definition) is 1. The lowest BCUT2D eigenvalue weighted by Crippen LogP contribution is -2.25. The molecule has 9 heteroatoms. The molecule has 0 saturated heterocycles. The number of benzene rings is 1. The predicted octanol–water partition coefficient (Wildman–Crippen LogP) is 4.04. The summed E-state index contributed by atoms with van der Waals surface area (Å²) in [6.07, 6.45) is 0.333. The van der Waals surface area contributed by atoms with Crippen LogP contribution in [0.15, 0.2) is 29.4 Å². The van der Waals surface area contributed by atoms with Crippen LogP contribution in [-0.4, -0.2) is 30.0 Å². The molecule has 0 heterocycles. The number of anilines is 1. The Hall–Kier alpha value is -1.76. The Morgan fingerprint density at radius 2 is 1.91 bits per heavy atom. The van der Waals surface area contributed by atoms with Crippen molar-refractivity contribution in [3.63, 3.8) is 0 Å². The zero-order valence-corrected chi connectivity index (χ0v) is 14.8. The summed E-state index contributed by atoms with van der Waals surface area (Å²) in [6, 6.07) is 6.21. The first kappa shape index (κ1) is 19.3. The molecule has 0 aromatic heterocycles. The minimum Gasteiger partial charge on any atom is -0.312 e. The summed E-state index contributed by atoms with van der Waals surface area (Å²) >= 11 is 0. The van der Waals surface area contributed by atoms with Gasteiger partial charge < -0.3 is 9.05 Å².